The molecular formula is C14H20N4. The molecule has 1 aromatic heterocycles. The Hall–Kier alpha value is -1.65. The zero-order valence-electron chi connectivity index (χ0n) is 10.9. The lowest BCUT2D eigenvalue weighted by Gasteiger charge is -2.18. The van der Waals surface area contributed by atoms with Crippen LogP contribution in [0.25, 0.3) is 0 Å². The van der Waals surface area contributed by atoms with Crippen LogP contribution in [0.5, 0.6) is 0 Å². The fourth-order valence-corrected chi connectivity index (χ4v) is 2.20. The number of hydrazine groups is 1. The zero-order chi connectivity index (χ0) is 13.0. The molecule has 96 valence electrons. The maximum Gasteiger partial charge on any atom is 0.0743 e. The number of hydrogen-bond acceptors (Lipinski definition) is 3. The highest BCUT2D eigenvalue weighted by atomic mass is 15.3. The quantitative estimate of drug-likeness (QED) is 0.625. The van der Waals surface area contributed by atoms with Gasteiger partial charge in [0.1, 0.15) is 0 Å². The van der Waals surface area contributed by atoms with Crippen molar-refractivity contribution in [1.82, 2.24) is 15.2 Å². The number of aryl methyl sites for hydroxylation is 2. The van der Waals surface area contributed by atoms with Crippen LogP contribution >= 0.6 is 0 Å². The van der Waals surface area contributed by atoms with E-state index in [1.807, 2.05) is 23.1 Å². The number of nitrogens with one attached hydrogen (secondary N) is 1. The van der Waals surface area contributed by atoms with Gasteiger partial charge < -0.3 is 0 Å². The minimum absolute atomic E-state index is 0.00134. The van der Waals surface area contributed by atoms with Crippen LogP contribution in [0.2, 0.25) is 0 Å². The minimum atomic E-state index is 0.00134. The van der Waals surface area contributed by atoms with E-state index in [9.17, 15) is 0 Å². The number of aromatic nitrogens is 2. The molecule has 4 heteroatoms. The SMILES string of the molecule is CCc1ccccc1C(NN)c1cnn(CC)c1. The second-order valence-corrected chi connectivity index (χ2v) is 4.28. The molecule has 1 atom stereocenters. The molecule has 4 nitrogen and oxygen atoms in total. The van der Waals surface area contributed by atoms with Crippen LogP contribution in [-0.2, 0) is 13.0 Å². The summed E-state index contributed by atoms with van der Waals surface area (Å²) in [5, 5.41) is 4.31. The Balaban J connectivity index is 2.38. The van der Waals surface area contributed by atoms with Gasteiger partial charge in [0.15, 0.2) is 0 Å². The van der Waals surface area contributed by atoms with Gasteiger partial charge in [0, 0.05) is 18.3 Å². The van der Waals surface area contributed by atoms with Crippen molar-refractivity contribution in [3.05, 3.63) is 53.3 Å². The van der Waals surface area contributed by atoms with E-state index >= 15 is 0 Å². The summed E-state index contributed by atoms with van der Waals surface area (Å²) in [6.07, 6.45) is 4.91. The van der Waals surface area contributed by atoms with Crippen LogP contribution in [0.1, 0.15) is 36.6 Å². The fraction of sp³-hybridized carbons (Fsp3) is 0.357. The number of nitrogens with two attached hydrogens (primary N) is 1. The molecule has 0 aliphatic carbocycles. The molecule has 2 aromatic rings. The fourth-order valence-electron chi connectivity index (χ4n) is 2.20. The lowest BCUT2D eigenvalue weighted by Crippen LogP contribution is -2.29. The second-order valence-electron chi connectivity index (χ2n) is 4.28. The van der Waals surface area contributed by atoms with Gasteiger partial charge in [-0.05, 0) is 24.5 Å². The first kappa shape index (κ1) is 12.8. The van der Waals surface area contributed by atoms with Crippen molar-refractivity contribution < 1.29 is 0 Å². The van der Waals surface area contributed by atoms with Crippen molar-refractivity contribution >= 4 is 0 Å². The lowest BCUT2D eigenvalue weighted by molar-refractivity contribution is 0.625. The average molecular weight is 244 g/mol. The van der Waals surface area contributed by atoms with E-state index in [0.717, 1.165) is 18.5 Å². The summed E-state index contributed by atoms with van der Waals surface area (Å²) in [4.78, 5) is 0. The Kier molecular flexibility index (Phi) is 4.12. The van der Waals surface area contributed by atoms with Gasteiger partial charge in [-0.2, -0.15) is 5.10 Å². The molecular weight excluding hydrogens is 224 g/mol. The molecule has 0 radical (unpaired) electrons. The zero-order valence-corrected chi connectivity index (χ0v) is 10.9. The molecule has 0 aliphatic heterocycles. The monoisotopic (exact) mass is 244 g/mol. The van der Waals surface area contributed by atoms with Gasteiger partial charge in [-0.1, -0.05) is 31.2 Å². The van der Waals surface area contributed by atoms with Gasteiger partial charge in [-0.25, -0.2) is 5.43 Å². The standard InChI is InChI=1S/C14H20N4/c1-3-11-7-5-6-8-13(11)14(17-15)12-9-16-18(4-2)10-12/h5-10,14,17H,3-4,15H2,1-2H3. The summed E-state index contributed by atoms with van der Waals surface area (Å²) in [5.74, 6) is 5.72. The molecule has 0 spiro atoms. The van der Waals surface area contributed by atoms with Crippen LogP contribution < -0.4 is 11.3 Å². The second kappa shape index (κ2) is 5.80. The van der Waals surface area contributed by atoms with E-state index in [-0.39, 0.29) is 6.04 Å². The molecule has 1 aromatic carbocycles. The Morgan fingerprint density at radius 1 is 1.33 bits per heavy atom. The van der Waals surface area contributed by atoms with Crippen molar-refractivity contribution in [3.63, 3.8) is 0 Å². The summed E-state index contributed by atoms with van der Waals surface area (Å²) in [5.41, 5.74) is 6.52. The molecule has 1 heterocycles. The average Bonchev–Trinajstić information content (AvgIpc) is 2.89. The third-order valence-electron chi connectivity index (χ3n) is 3.22. The molecule has 0 saturated carbocycles. The predicted octanol–water partition coefficient (Wildman–Crippen LogP) is 2.02. The first-order valence-electron chi connectivity index (χ1n) is 6.36. The molecule has 0 amide bonds. The van der Waals surface area contributed by atoms with Gasteiger partial charge in [-0.3, -0.25) is 10.5 Å². The lowest BCUT2D eigenvalue weighted by atomic mass is 9.95. The number of benzene rings is 1. The summed E-state index contributed by atoms with van der Waals surface area (Å²) in [7, 11) is 0. The van der Waals surface area contributed by atoms with Crippen LogP contribution in [0, 0.1) is 0 Å². The normalized spacial score (nSPS) is 12.6. The van der Waals surface area contributed by atoms with E-state index in [1.165, 1.54) is 11.1 Å². The smallest absolute Gasteiger partial charge is 0.0743 e. The van der Waals surface area contributed by atoms with Gasteiger partial charge in [0.05, 0.1) is 12.2 Å². The molecule has 3 N–H and O–H groups in total. The van der Waals surface area contributed by atoms with E-state index in [2.05, 4.69) is 42.6 Å². The largest absolute Gasteiger partial charge is 0.273 e. The van der Waals surface area contributed by atoms with Gasteiger partial charge in [0.2, 0.25) is 0 Å². The van der Waals surface area contributed by atoms with Gasteiger partial charge >= 0.3 is 0 Å². The maximum atomic E-state index is 5.72. The Bertz CT molecular complexity index is 504. The third-order valence-corrected chi connectivity index (χ3v) is 3.22. The Labute approximate surface area is 108 Å². The van der Waals surface area contributed by atoms with Crippen molar-refractivity contribution in [1.29, 1.82) is 0 Å². The van der Waals surface area contributed by atoms with Crippen LogP contribution in [0.15, 0.2) is 36.7 Å². The van der Waals surface area contributed by atoms with Crippen LogP contribution in [-0.4, -0.2) is 9.78 Å². The van der Waals surface area contributed by atoms with Crippen LogP contribution in [0.3, 0.4) is 0 Å². The van der Waals surface area contributed by atoms with Crippen molar-refractivity contribution in [2.75, 3.05) is 0 Å². The first-order valence-corrected chi connectivity index (χ1v) is 6.36. The van der Waals surface area contributed by atoms with E-state index < -0.39 is 0 Å². The number of hydrogen-bond donors (Lipinski definition) is 2. The summed E-state index contributed by atoms with van der Waals surface area (Å²) < 4.78 is 1.91. The molecule has 0 saturated heterocycles. The minimum Gasteiger partial charge on any atom is -0.273 e. The molecule has 1 unspecified atom stereocenters. The molecule has 2 rings (SSSR count). The van der Waals surface area contributed by atoms with E-state index in [4.69, 9.17) is 5.84 Å². The predicted molar refractivity (Wildman–Crippen MR) is 72.9 cm³/mol. The van der Waals surface area contributed by atoms with E-state index in [0.29, 0.717) is 0 Å². The van der Waals surface area contributed by atoms with E-state index in [1.54, 1.807) is 0 Å². The molecule has 0 bridgehead atoms. The molecule has 0 aliphatic rings. The van der Waals surface area contributed by atoms with Gasteiger partial charge in [0.25, 0.3) is 0 Å². The third kappa shape index (κ3) is 2.44. The maximum absolute atomic E-state index is 5.72. The van der Waals surface area contributed by atoms with Crippen LogP contribution in [0.4, 0.5) is 0 Å². The van der Waals surface area contributed by atoms with Gasteiger partial charge in [-0.15, -0.1) is 0 Å². The Morgan fingerprint density at radius 3 is 2.72 bits per heavy atom. The first-order chi connectivity index (χ1) is 8.80. The van der Waals surface area contributed by atoms with Crippen molar-refractivity contribution in [3.8, 4) is 0 Å². The molecule has 18 heavy (non-hydrogen) atoms. The summed E-state index contributed by atoms with van der Waals surface area (Å²) >= 11 is 0. The summed E-state index contributed by atoms with van der Waals surface area (Å²) in [6.45, 7) is 5.09. The highest BCUT2D eigenvalue weighted by molar-refractivity contribution is 5.35. The Morgan fingerprint density at radius 2 is 2.11 bits per heavy atom. The highest BCUT2D eigenvalue weighted by Gasteiger charge is 2.16. The highest BCUT2D eigenvalue weighted by Crippen LogP contribution is 2.24. The van der Waals surface area contributed by atoms with Crippen molar-refractivity contribution in [2.24, 2.45) is 5.84 Å². The van der Waals surface area contributed by atoms with Crippen molar-refractivity contribution in [2.45, 2.75) is 32.9 Å². The number of nitrogens with zero attached hydrogens (tertiary/aromatic N) is 2. The topological polar surface area (TPSA) is 55.9 Å². The summed E-state index contributed by atoms with van der Waals surface area (Å²) in [6, 6.07) is 8.37. The number of rotatable bonds is 5. The molecule has 0 fully saturated rings.